The molecule has 0 bridgehead atoms. The van der Waals surface area contributed by atoms with Crippen LogP contribution >= 0.6 is 0 Å². The van der Waals surface area contributed by atoms with E-state index in [0.29, 0.717) is 32.6 Å². The van der Waals surface area contributed by atoms with Crippen LogP contribution in [0.2, 0.25) is 0 Å². The standard InChI is InChI=1S/C30H34N2O11.2C2H6/c1-31-29(37)30(38)10-16-22(18(11-30)43-20-7-6-14(12-41-20)42-19-13-40-9-8-32-19)28(36)24-23(26(16)34)25(33)15-4-3-5-17(39-2)21(15)27(24)35;2*1-2/h3-5,14,18-20,32,34,36,38H,6-13H2,1-2H3,(H,31,37);2*1-2H3/t14-,18-,19?,20?,30-;;/m0../s1. The summed E-state index contributed by atoms with van der Waals surface area (Å²) in [6, 6.07) is 4.49. The number of phenols is 2. The van der Waals surface area contributed by atoms with E-state index in [1.54, 1.807) is 0 Å². The Balaban J connectivity index is 0.00000120. The fourth-order valence-electron chi connectivity index (χ4n) is 6.40. The SMILES string of the molecule is CC.CC.CNC(=O)[C@]1(O)Cc2c(O)c3c(c(O)c2[C@@H](OC2CC[C@H](OC4COCCN4)CO2)C1)C(=O)c1c(OC)cccc1C3=O. The van der Waals surface area contributed by atoms with E-state index in [4.69, 9.17) is 23.7 Å². The second-order valence-corrected chi connectivity index (χ2v) is 11.1. The van der Waals surface area contributed by atoms with Crippen LogP contribution in [0.1, 0.15) is 96.0 Å². The third-order valence-corrected chi connectivity index (χ3v) is 8.48. The van der Waals surface area contributed by atoms with Crippen molar-refractivity contribution in [2.75, 3.05) is 40.5 Å². The van der Waals surface area contributed by atoms with E-state index in [9.17, 15) is 29.7 Å². The maximum Gasteiger partial charge on any atom is 0.252 e. The van der Waals surface area contributed by atoms with Crippen molar-refractivity contribution in [3.63, 3.8) is 0 Å². The van der Waals surface area contributed by atoms with Crippen LogP contribution in [0.25, 0.3) is 0 Å². The summed E-state index contributed by atoms with van der Waals surface area (Å²) in [6.07, 6.45) is -2.23. The minimum absolute atomic E-state index is 0.000889. The monoisotopic (exact) mass is 658 g/mol. The van der Waals surface area contributed by atoms with Crippen LogP contribution in [-0.4, -0.2) is 97.5 Å². The van der Waals surface area contributed by atoms with Gasteiger partial charge in [-0.3, -0.25) is 19.7 Å². The van der Waals surface area contributed by atoms with Gasteiger partial charge in [-0.2, -0.15) is 0 Å². The Morgan fingerprint density at radius 3 is 2.34 bits per heavy atom. The maximum atomic E-state index is 13.8. The highest BCUT2D eigenvalue weighted by Crippen LogP contribution is 2.52. The van der Waals surface area contributed by atoms with E-state index in [1.807, 2.05) is 27.7 Å². The first-order valence-corrected chi connectivity index (χ1v) is 16.2. The Morgan fingerprint density at radius 2 is 1.72 bits per heavy atom. The number of amides is 1. The highest BCUT2D eigenvalue weighted by Gasteiger charge is 2.50. The number of morpholine rings is 1. The van der Waals surface area contributed by atoms with Gasteiger partial charge in [-0.05, 0) is 12.5 Å². The molecule has 2 heterocycles. The van der Waals surface area contributed by atoms with Gasteiger partial charge in [0.2, 0.25) is 5.78 Å². The van der Waals surface area contributed by atoms with Crippen molar-refractivity contribution in [1.82, 2.24) is 10.6 Å². The molecule has 47 heavy (non-hydrogen) atoms. The number of hydrogen-bond acceptors (Lipinski definition) is 12. The largest absolute Gasteiger partial charge is 0.507 e. The molecule has 6 rings (SSSR count). The van der Waals surface area contributed by atoms with Crippen molar-refractivity contribution in [1.29, 1.82) is 0 Å². The summed E-state index contributed by atoms with van der Waals surface area (Å²) in [5.41, 5.74) is -2.94. The summed E-state index contributed by atoms with van der Waals surface area (Å²) >= 11 is 0. The first-order valence-electron chi connectivity index (χ1n) is 16.2. The number of phenolic OH excluding ortho intramolecular Hbond substituents is 2. The molecule has 2 aliphatic heterocycles. The molecule has 0 spiro atoms. The smallest absolute Gasteiger partial charge is 0.252 e. The van der Waals surface area contributed by atoms with Crippen LogP contribution in [0.4, 0.5) is 0 Å². The molecule has 5 N–H and O–H groups in total. The number of carbonyl (C=O) groups excluding carboxylic acids is 3. The molecule has 2 aromatic carbocycles. The van der Waals surface area contributed by atoms with Gasteiger partial charge in [0, 0.05) is 49.5 Å². The summed E-state index contributed by atoms with van der Waals surface area (Å²) < 4.78 is 28.9. The number of aliphatic hydroxyl groups is 1. The number of methoxy groups -OCH3 is 1. The van der Waals surface area contributed by atoms with Gasteiger partial charge in [-0.15, -0.1) is 0 Å². The molecular weight excluding hydrogens is 612 g/mol. The van der Waals surface area contributed by atoms with Gasteiger partial charge in [-0.25, -0.2) is 0 Å². The van der Waals surface area contributed by atoms with E-state index in [2.05, 4.69) is 10.6 Å². The molecule has 258 valence electrons. The van der Waals surface area contributed by atoms with Crippen molar-refractivity contribution in [3.05, 3.63) is 51.6 Å². The summed E-state index contributed by atoms with van der Waals surface area (Å²) in [7, 11) is 2.72. The van der Waals surface area contributed by atoms with Gasteiger partial charge in [0.15, 0.2) is 12.1 Å². The van der Waals surface area contributed by atoms with Crippen molar-refractivity contribution < 1.29 is 53.4 Å². The Labute approximate surface area is 274 Å². The van der Waals surface area contributed by atoms with E-state index >= 15 is 0 Å². The zero-order chi connectivity index (χ0) is 34.5. The van der Waals surface area contributed by atoms with E-state index in [-0.39, 0.29) is 53.4 Å². The summed E-state index contributed by atoms with van der Waals surface area (Å²) in [5.74, 6) is -3.18. The van der Waals surface area contributed by atoms with Gasteiger partial charge in [0.05, 0.1) is 55.8 Å². The average molecular weight is 659 g/mol. The number of rotatable bonds is 6. The predicted octanol–water partition coefficient (Wildman–Crippen LogP) is 2.88. The first-order chi connectivity index (χ1) is 22.7. The van der Waals surface area contributed by atoms with E-state index < -0.39 is 64.5 Å². The molecule has 1 amide bonds. The number of hydrogen-bond donors (Lipinski definition) is 5. The van der Waals surface area contributed by atoms with Gasteiger partial charge in [0.25, 0.3) is 5.91 Å². The Kier molecular flexibility index (Phi) is 12.0. The lowest BCUT2D eigenvalue weighted by Gasteiger charge is -2.40. The number of benzene rings is 2. The maximum absolute atomic E-state index is 13.8. The Hall–Kier alpha value is -3.59. The lowest BCUT2D eigenvalue weighted by molar-refractivity contribution is -0.233. The zero-order valence-electron chi connectivity index (χ0n) is 27.8. The number of fused-ring (bicyclic) bond motifs is 3. The quantitative estimate of drug-likeness (QED) is 0.245. The Bertz CT molecular complexity index is 1460. The fourth-order valence-corrected chi connectivity index (χ4v) is 6.40. The number of carbonyl (C=O) groups is 3. The summed E-state index contributed by atoms with van der Waals surface area (Å²) in [4.78, 5) is 40.2. The molecule has 13 heteroatoms. The van der Waals surface area contributed by atoms with Gasteiger partial charge < -0.3 is 44.3 Å². The molecular formula is C34H46N2O11. The lowest BCUT2D eigenvalue weighted by Crippen LogP contribution is -2.51. The van der Waals surface area contributed by atoms with Crippen LogP contribution in [-0.2, 0) is 30.2 Å². The molecule has 0 aromatic heterocycles. The minimum atomic E-state index is -2.06. The van der Waals surface area contributed by atoms with Crippen LogP contribution in [0, 0.1) is 0 Å². The molecule has 0 radical (unpaired) electrons. The molecule has 13 nitrogen and oxygen atoms in total. The third-order valence-electron chi connectivity index (χ3n) is 8.48. The fraction of sp³-hybridized carbons (Fsp3) is 0.559. The Morgan fingerprint density at radius 1 is 1.00 bits per heavy atom. The second-order valence-electron chi connectivity index (χ2n) is 11.1. The summed E-state index contributed by atoms with van der Waals surface area (Å²) in [5, 5.41) is 40.2. The third kappa shape index (κ3) is 6.87. The molecule has 2 fully saturated rings. The van der Waals surface area contributed by atoms with Gasteiger partial charge >= 0.3 is 0 Å². The van der Waals surface area contributed by atoms with Crippen molar-refractivity contribution in [3.8, 4) is 17.2 Å². The number of likely N-dealkylation sites (N-methyl/N-ethyl adjacent to an activating group) is 1. The number of ketones is 2. The molecule has 4 aliphatic rings. The second kappa shape index (κ2) is 15.5. The van der Waals surface area contributed by atoms with Crippen molar-refractivity contribution in [2.45, 2.75) is 83.7 Å². The highest BCUT2D eigenvalue weighted by atomic mass is 16.7. The van der Waals surface area contributed by atoms with Gasteiger partial charge in [0.1, 0.15) is 29.1 Å². The lowest BCUT2D eigenvalue weighted by atomic mass is 9.72. The molecule has 0 saturated carbocycles. The number of aromatic hydroxyl groups is 2. The van der Waals surface area contributed by atoms with Gasteiger partial charge in [-0.1, -0.05) is 39.8 Å². The molecule has 5 atom stereocenters. The summed E-state index contributed by atoms with van der Waals surface area (Å²) in [6.45, 7) is 9.94. The molecule has 2 aromatic rings. The van der Waals surface area contributed by atoms with Crippen LogP contribution in [0.5, 0.6) is 17.2 Å². The van der Waals surface area contributed by atoms with Crippen LogP contribution in [0.3, 0.4) is 0 Å². The predicted molar refractivity (Wildman–Crippen MR) is 170 cm³/mol. The molecule has 2 saturated heterocycles. The highest BCUT2D eigenvalue weighted by molar-refractivity contribution is 6.31. The molecule has 2 aliphatic carbocycles. The molecule has 2 unspecified atom stereocenters. The topological polar surface area (TPSA) is 182 Å². The van der Waals surface area contributed by atoms with E-state index in [0.717, 1.165) is 0 Å². The minimum Gasteiger partial charge on any atom is -0.507 e. The van der Waals surface area contributed by atoms with Crippen molar-refractivity contribution >= 4 is 17.5 Å². The first kappa shape index (κ1) is 36.2. The zero-order valence-corrected chi connectivity index (χ0v) is 27.8. The van der Waals surface area contributed by atoms with Crippen LogP contribution in [0.15, 0.2) is 18.2 Å². The van der Waals surface area contributed by atoms with E-state index in [1.165, 1.54) is 32.4 Å². The van der Waals surface area contributed by atoms with Crippen LogP contribution < -0.4 is 15.4 Å². The van der Waals surface area contributed by atoms with Crippen molar-refractivity contribution in [2.24, 2.45) is 0 Å². The average Bonchev–Trinajstić information content (AvgIpc) is 3.10. The number of nitrogens with one attached hydrogen (secondary N) is 2. The normalized spacial score (nSPS) is 26.3. The number of ether oxygens (including phenoxy) is 5.